The number of hydrogen-bond donors (Lipinski definition) is 3. The van der Waals surface area contributed by atoms with E-state index in [-0.39, 0.29) is 12.3 Å². The molecule has 124 valence electrons. The Kier molecular flexibility index (Phi) is 5.97. The van der Waals surface area contributed by atoms with Crippen LogP contribution in [0.25, 0.3) is 0 Å². The molecule has 4 N–H and O–H groups in total. The van der Waals surface area contributed by atoms with Crippen molar-refractivity contribution in [2.24, 2.45) is 11.7 Å². The van der Waals surface area contributed by atoms with E-state index in [0.29, 0.717) is 12.3 Å². The predicted molar refractivity (Wildman–Crippen MR) is 83.1 cm³/mol. The van der Waals surface area contributed by atoms with Crippen LogP contribution in [0.2, 0.25) is 0 Å². The number of nitrogens with two attached hydrogens (primary N) is 1. The van der Waals surface area contributed by atoms with Gasteiger partial charge in [0.05, 0.1) is 19.2 Å². The number of amides is 1. The summed E-state index contributed by atoms with van der Waals surface area (Å²) in [6.07, 6.45) is 1.59. The quantitative estimate of drug-likeness (QED) is 0.585. The zero-order valence-electron chi connectivity index (χ0n) is 13.1. The van der Waals surface area contributed by atoms with Gasteiger partial charge in [0.2, 0.25) is 5.91 Å². The van der Waals surface area contributed by atoms with Gasteiger partial charge in [0.1, 0.15) is 0 Å². The summed E-state index contributed by atoms with van der Waals surface area (Å²) in [4.78, 5) is 23.8. The molecule has 6 heteroatoms. The Bertz CT molecular complexity index is 531. The number of esters is 1. The molecule has 6 nitrogen and oxygen atoms in total. The monoisotopic (exact) mass is 318 g/mol. The minimum atomic E-state index is -1.47. The van der Waals surface area contributed by atoms with E-state index >= 15 is 0 Å². The number of hydrogen-bond acceptors (Lipinski definition) is 5. The second-order valence-electron chi connectivity index (χ2n) is 5.89. The van der Waals surface area contributed by atoms with Crippen molar-refractivity contribution in [1.82, 2.24) is 5.32 Å². The zero-order chi connectivity index (χ0) is 16.8. The minimum Gasteiger partial charge on any atom is -0.467 e. The third kappa shape index (κ3) is 5.23. The van der Waals surface area contributed by atoms with Crippen LogP contribution in [-0.2, 0) is 20.7 Å². The van der Waals surface area contributed by atoms with Gasteiger partial charge in [-0.3, -0.25) is 4.79 Å². The molecule has 3 atom stereocenters. The Morgan fingerprint density at radius 2 is 2.26 bits per heavy atom. The lowest BCUT2D eigenvalue weighted by molar-refractivity contribution is -0.152. The molecule has 2 unspecified atom stereocenters. The first-order valence-corrected chi connectivity index (χ1v) is 7.70. The van der Waals surface area contributed by atoms with E-state index in [2.05, 4.69) is 22.2 Å². The first-order valence-electron chi connectivity index (χ1n) is 7.70. The average Bonchev–Trinajstić information content (AvgIpc) is 3.37. The Balaban J connectivity index is 2.02. The molecule has 23 heavy (non-hydrogen) atoms. The van der Waals surface area contributed by atoms with Crippen molar-refractivity contribution in [3.63, 3.8) is 0 Å². The van der Waals surface area contributed by atoms with Crippen LogP contribution in [0, 0.1) is 18.1 Å². The van der Waals surface area contributed by atoms with Crippen LogP contribution in [0.15, 0.2) is 18.2 Å². The second kappa shape index (κ2) is 7.95. The fourth-order valence-electron chi connectivity index (χ4n) is 2.38. The molecule has 0 aliphatic heterocycles. The van der Waals surface area contributed by atoms with Gasteiger partial charge in [-0.2, -0.15) is 0 Å². The topological polar surface area (TPSA) is 102 Å². The van der Waals surface area contributed by atoms with Crippen molar-refractivity contribution in [2.45, 2.75) is 43.9 Å². The van der Waals surface area contributed by atoms with Gasteiger partial charge in [-0.1, -0.05) is 31.0 Å². The third-order valence-electron chi connectivity index (χ3n) is 3.92. The maximum atomic E-state index is 12.2. The van der Waals surface area contributed by atoms with Gasteiger partial charge in [-0.25, -0.2) is 4.79 Å². The average molecular weight is 318 g/mol. The van der Waals surface area contributed by atoms with Crippen LogP contribution in [-0.4, -0.2) is 42.3 Å². The van der Waals surface area contributed by atoms with Gasteiger partial charge < -0.3 is 20.9 Å². The van der Waals surface area contributed by atoms with Gasteiger partial charge in [0, 0.05) is 12.0 Å². The van der Waals surface area contributed by atoms with E-state index in [1.165, 1.54) is 7.11 Å². The molecular weight excluding hydrogens is 296 g/mol. The second-order valence-corrected chi connectivity index (χ2v) is 5.89. The molecule has 2 rings (SSSR count). The summed E-state index contributed by atoms with van der Waals surface area (Å²) in [6.45, 7) is 0. The first kappa shape index (κ1) is 17.3. The maximum Gasteiger partial charge on any atom is 0.336 e. The lowest BCUT2D eigenvalue weighted by atomic mass is 10.0. The molecule has 1 saturated carbocycles. The molecule has 0 spiro atoms. The SMILES string of the molecule is COC(=O)C(O)C(Cc1c#cccc1)NC(=O)[C@@H](N)CC1CC1. The van der Waals surface area contributed by atoms with Crippen LogP contribution in [0.1, 0.15) is 24.8 Å². The van der Waals surface area contributed by atoms with Gasteiger partial charge >= 0.3 is 5.97 Å². The highest BCUT2D eigenvalue weighted by Gasteiger charge is 2.32. The molecule has 0 heterocycles. The van der Waals surface area contributed by atoms with Gasteiger partial charge in [-0.05, 0) is 24.5 Å². The molecule has 0 saturated heterocycles. The van der Waals surface area contributed by atoms with E-state index in [0.717, 1.165) is 18.4 Å². The molecular formula is C17H22N2O4. The van der Waals surface area contributed by atoms with Gasteiger partial charge in [-0.15, -0.1) is 0 Å². The number of aliphatic hydroxyl groups is 1. The highest BCUT2D eigenvalue weighted by atomic mass is 16.5. The third-order valence-corrected chi connectivity index (χ3v) is 3.92. The zero-order valence-corrected chi connectivity index (χ0v) is 13.1. The molecule has 1 aliphatic carbocycles. The number of rotatable bonds is 8. The van der Waals surface area contributed by atoms with E-state index in [1.54, 1.807) is 18.2 Å². The van der Waals surface area contributed by atoms with E-state index < -0.39 is 24.2 Å². The fourth-order valence-corrected chi connectivity index (χ4v) is 2.38. The van der Waals surface area contributed by atoms with Crippen LogP contribution in [0.5, 0.6) is 0 Å². The van der Waals surface area contributed by atoms with Gasteiger partial charge in [0.15, 0.2) is 6.10 Å². The Morgan fingerprint density at radius 3 is 2.83 bits per heavy atom. The predicted octanol–water partition coefficient (Wildman–Crippen LogP) is -0.0244. The number of methoxy groups -OCH3 is 1. The maximum absolute atomic E-state index is 12.2. The summed E-state index contributed by atoms with van der Waals surface area (Å²) < 4.78 is 4.56. The molecule has 0 radical (unpaired) electrons. The van der Waals surface area contributed by atoms with Crippen molar-refractivity contribution >= 4 is 11.9 Å². The summed E-state index contributed by atoms with van der Waals surface area (Å²) in [5, 5.41) is 12.8. The summed E-state index contributed by atoms with van der Waals surface area (Å²) >= 11 is 0. The smallest absolute Gasteiger partial charge is 0.336 e. The van der Waals surface area contributed by atoms with Crippen LogP contribution >= 0.6 is 0 Å². The summed E-state index contributed by atoms with van der Waals surface area (Å²) in [5.74, 6) is -0.660. The Morgan fingerprint density at radius 1 is 1.52 bits per heavy atom. The van der Waals surface area contributed by atoms with Crippen molar-refractivity contribution in [3.8, 4) is 0 Å². The molecule has 0 aromatic heterocycles. The Hall–Kier alpha value is -2.10. The van der Waals surface area contributed by atoms with Crippen LogP contribution in [0.4, 0.5) is 0 Å². The highest BCUT2D eigenvalue weighted by molar-refractivity contribution is 5.83. The van der Waals surface area contributed by atoms with Crippen molar-refractivity contribution in [2.75, 3.05) is 7.11 Å². The molecule has 1 amide bonds. The molecule has 1 fully saturated rings. The summed E-state index contributed by atoms with van der Waals surface area (Å²) in [5.41, 5.74) is 6.60. The van der Waals surface area contributed by atoms with Crippen molar-refractivity contribution in [1.29, 1.82) is 0 Å². The first-order chi connectivity index (χ1) is 11.0. The number of carbonyl (C=O) groups is 2. The lowest BCUT2D eigenvalue weighted by Crippen LogP contribution is -2.53. The minimum absolute atomic E-state index is 0.232. The summed E-state index contributed by atoms with van der Waals surface area (Å²) in [7, 11) is 1.19. The fraction of sp³-hybridized carbons (Fsp3) is 0.529. The lowest BCUT2D eigenvalue weighted by Gasteiger charge is -2.24. The Labute approximate surface area is 136 Å². The van der Waals surface area contributed by atoms with Crippen LogP contribution < -0.4 is 11.1 Å². The standard InChI is InChI=1S/C17H22N2O4/c1-23-17(22)15(20)14(10-11-5-3-2-4-6-11)19-16(21)13(18)9-12-7-8-12/h2-3,5,12-15,20H,7-10,18H2,1H3,(H,19,21)/t13-,14?,15?/m0/s1. The number of aliphatic hydroxyl groups excluding tert-OH is 1. The molecule has 1 aromatic carbocycles. The van der Waals surface area contributed by atoms with E-state index in [4.69, 9.17) is 5.73 Å². The molecule has 0 bridgehead atoms. The van der Waals surface area contributed by atoms with E-state index in [1.807, 2.05) is 0 Å². The number of carbonyl (C=O) groups excluding carboxylic acids is 2. The largest absolute Gasteiger partial charge is 0.467 e. The van der Waals surface area contributed by atoms with Crippen molar-refractivity contribution in [3.05, 3.63) is 35.9 Å². The molecule has 1 aliphatic rings. The normalized spacial score (nSPS) is 17.5. The number of ether oxygens (including phenoxy) is 1. The van der Waals surface area contributed by atoms with E-state index in [9.17, 15) is 14.7 Å². The highest BCUT2D eigenvalue weighted by Crippen LogP contribution is 2.33. The molecule has 1 aromatic rings. The van der Waals surface area contributed by atoms with Gasteiger partial charge in [0.25, 0.3) is 0 Å². The number of nitrogens with one attached hydrogen (secondary N) is 1. The van der Waals surface area contributed by atoms with Crippen LogP contribution in [0.3, 0.4) is 0 Å². The summed E-state index contributed by atoms with van der Waals surface area (Å²) in [6, 6.07) is 9.47. The van der Waals surface area contributed by atoms with Crippen molar-refractivity contribution < 1.29 is 19.4 Å².